The van der Waals surface area contributed by atoms with Gasteiger partial charge in [0.1, 0.15) is 24.5 Å². The summed E-state index contributed by atoms with van der Waals surface area (Å²) in [4.78, 5) is 67.3. The summed E-state index contributed by atoms with van der Waals surface area (Å²) in [5.41, 5.74) is 16.6. The molecule has 0 bridgehead atoms. The number of rotatable bonds is 10. The van der Waals surface area contributed by atoms with Crippen molar-refractivity contribution >= 4 is 67.6 Å². The summed E-state index contributed by atoms with van der Waals surface area (Å²) in [7, 11) is 0. The predicted molar refractivity (Wildman–Crippen MR) is 114 cm³/mol. The summed E-state index contributed by atoms with van der Waals surface area (Å²) in [6.45, 7) is 0.275. The first-order chi connectivity index (χ1) is 15.2. The van der Waals surface area contributed by atoms with Crippen molar-refractivity contribution in [3.05, 3.63) is 18.2 Å². The monoisotopic (exact) mass is 615 g/mol. The SMILES string of the molecule is NCC(=O)OC(=O)CC[C@H](N)C(=O)OC(=O)[C@@H](N)Cc1cn(OC(=O)[C@@H]2CCCN2)cn1.[CaH2].[Mn].[Zn]. The van der Waals surface area contributed by atoms with Gasteiger partial charge in [-0.15, -0.1) is 0 Å². The van der Waals surface area contributed by atoms with E-state index < -0.39 is 48.5 Å². The van der Waals surface area contributed by atoms with Gasteiger partial charge in [-0.05, 0) is 25.8 Å². The van der Waals surface area contributed by atoms with Crippen LogP contribution in [0.2, 0.25) is 0 Å². The Hall–Kier alpha value is -0.797. The molecule has 0 saturated carbocycles. The van der Waals surface area contributed by atoms with Crippen LogP contribution < -0.4 is 27.4 Å². The number of nitrogens with two attached hydrogens (primary N) is 3. The standard InChI is InChI=1S/C18H26N6O8.Ca.Mn.Zn.2H/c19-7-15(26)30-14(25)4-3-11(20)16(27)31-17(28)12(21)6-10-8-24(9-23-10)32-18(29)13-2-1-5-22-13;;;;;/h8-9,11-13,22H,1-7,19-21H2;;;;;/t11-,12-,13-;;;;;/m0...../s1. The number of ether oxygens (including phenoxy) is 2. The fourth-order valence-electron chi connectivity index (χ4n) is 2.72. The first-order valence-electron chi connectivity index (χ1n) is 9.88. The molecule has 3 atom stereocenters. The maximum absolute atomic E-state index is 12.0. The van der Waals surface area contributed by atoms with Gasteiger partial charge in [-0.25, -0.2) is 19.4 Å². The predicted octanol–water partition coefficient (Wildman–Crippen LogP) is -4.26. The molecule has 1 saturated heterocycles. The van der Waals surface area contributed by atoms with Crippen LogP contribution in [0.25, 0.3) is 0 Å². The van der Waals surface area contributed by atoms with E-state index in [1.165, 1.54) is 12.5 Å². The Morgan fingerprint density at radius 3 is 2.37 bits per heavy atom. The van der Waals surface area contributed by atoms with E-state index in [9.17, 15) is 24.0 Å². The van der Waals surface area contributed by atoms with Gasteiger partial charge in [-0.3, -0.25) is 9.59 Å². The third-order valence-electron chi connectivity index (χ3n) is 4.44. The molecule has 1 radical (unpaired) electrons. The number of carbonyl (C=O) groups excluding carboxylic acids is 5. The molecular weight excluding hydrogens is 589 g/mol. The molecule has 7 N–H and O–H groups in total. The van der Waals surface area contributed by atoms with E-state index in [2.05, 4.69) is 19.8 Å². The molecular formula is C18H28CaMnN6O8Zn. The molecule has 0 aliphatic carbocycles. The van der Waals surface area contributed by atoms with Crippen LogP contribution in [0.4, 0.5) is 0 Å². The number of hydrogen-bond acceptors (Lipinski definition) is 13. The van der Waals surface area contributed by atoms with E-state index in [-0.39, 0.29) is 99.6 Å². The molecule has 2 heterocycles. The van der Waals surface area contributed by atoms with E-state index in [4.69, 9.17) is 22.0 Å². The zero-order valence-corrected chi connectivity index (χ0v) is 22.5. The van der Waals surface area contributed by atoms with Crippen LogP contribution in [0, 0.1) is 0 Å². The molecule has 17 heteroatoms. The zero-order valence-electron chi connectivity index (χ0n) is 18.3. The summed E-state index contributed by atoms with van der Waals surface area (Å²) in [6, 6.07) is -2.93. The van der Waals surface area contributed by atoms with Gasteiger partial charge >= 0.3 is 67.6 Å². The first-order valence-corrected chi connectivity index (χ1v) is 9.88. The van der Waals surface area contributed by atoms with Crippen LogP contribution in [-0.4, -0.2) is 109 Å². The molecule has 1 aliphatic heterocycles. The van der Waals surface area contributed by atoms with Gasteiger partial charge in [0.05, 0.1) is 18.4 Å². The average molecular weight is 617 g/mol. The van der Waals surface area contributed by atoms with Gasteiger partial charge in [0.25, 0.3) is 0 Å². The minimum Gasteiger partial charge on any atom is 0 e. The fraction of sp³-hybridized carbons (Fsp3) is 0.556. The van der Waals surface area contributed by atoms with E-state index in [0.29, 0.717) is 12.1 Å². The van der Waals surface area contributed by atoms with E-state index >= 15 is 0 Å². The Morgan fingerprint density at radius 2 is 1.77 bits per heavy atom. The second-order valence-electron chi connectivity index (χ2n) is 7.03. The molecule has 0 aromatic carbocycles. The normalized spacial score (nSPS) is 15.8. The van der Waals surface area contributed by atoms with Gasteiger partial charge in [-0.1, -0.05) is 0 Å². The molecule has 0 spiro atoms. The minimum absolute atomic E-state index is 0. The van der Waals surface area contributed by atoms with Crippen LogP contribution >= 0.6 is 0 Å². The van der Waals surface area contributed by atoms with Crippen molar-refractivity contribution in [3.8, 4) is 0 Å². The van der Waals surface area contributed by atoms with Gasteiger partial charge in [0.2, 0.25) is 0 Å². The van der Waals surface area contributed by atoms with E-state index in [0.717, 1.165) is 17.7 Å². The number of aromatic nitrogens is 2. The Labute approximate surface area is 254 Å². The van der Waals surface area contributed by atoms with Gasteiger partial charge in [0.15, 0.2) is 0 Å². The number of carbonyl (C=O) groups is 5. The molecule has 1 aliphatic rings. The molecule has 1 aromatic rings. The molecule has 189 valence electrons. The van der Waals surface area contributed by atoms with Crippen LogP contribution in [0.3, 0.4) is 0 Å². The summed E-state index contributed by atoms with van der Waals surface area (Å²) in [5, 5.41) is 3.01. The Bertz CT molecular complexity index is 870. The molecule has 2 rings (SSSR count). The number of nitrogens with zero attached hydrogens (tertiary/aromatic N) is 2. The van der Waals surface area contributed by atoms with Crippen molar-refractivity contribution in [2.75, 3.05) is 13.1 Å². The van der Waals surface area contributed by atoms with Crippen LogP contribution in [0.15, 0.2) is 12.5 Å². The van der Waals surface area contributed by atoms with Gasteiger partial charge < -0.3 is 36.8 Å². The summed E-state index contributed by atoms with van der Waals surface area (Å²) in [5.74, 6) is -4.42. The van der Waals surface area contributed by atoms with E-state index in [1.54, 1.807) is 0 Å². The van der Waals surface area contributed by atoms with Crippen molar-refractivity contribution in [2.24, 2.45) is 17.2 Å². The Balaban J connectivity index is 0. The molecule has 1 fully saturated rings. The van der Waals surface area contributed by atoms with Crippen molar-refractivity contribution in [2.45, 2.75) is 50.2 Å². The third kappa shape index (κ3) is 12.8. The average Bonchev–Trinajstić information content (AvgIpc) is 3.44. The van der Waals surface area contributed by atoms with Crippen molar-refractivity contribution in [1.29, 1.82) is 0 Å². The van der Waals surface area contributed by atoms with E-state index in [1.807, 2.05) is 0 Å². The summed E-state index contributed by atoms with van der Waals surface area (Å²) < 4.78 is 10.1. The number of nitrogens with one attached hydrogen (secondary N) is 1. The number of hydrogen-bond donors (Lipinski definition) is 4. The molecule has 14 nitrogen and oxygen atoms in total. The third-order valence-corrected chi connectivity index (χ3v) is 4.44. The Morgan fingerprint density at radius 1 is 1.11 bits per heavy atom. The molecule has 0 amide bonds. The zero-order chi connectivity index (χ0) is 23.7. The maximum atomic E-state index is 12.0. The number of esters is 4. The largest absolute Gasteiger partial charge is 0 e. The van der Waals surface area contributed by atoms with Crippen molar-refractivity contribution in [1.82, 2.24) is 15.0 Å². The second kappa shape index (κ2) is 18.4. The first kappa shape index (κ1) is 36.4. The minimum atomic E-state index is -1.31. The van der Waals surface area contributed by atoms with Crippen LogP contribution in [-0.2, 0) is 76.4 Å². The smallest absolute Gasteiger partial charge is 0 e. The second-order valence-corrected chi connectivity index (χ2v) is 7.03. The van der Waals surface area contributed by atoms with Crippen LogP contribution in [0.1, 0.15) is 31.4 Å². The fourth-order valence-corrected chi connectivity index (χ4v) is 2.72. The molecule has 35 heavy (non-hydrogen) atoms. The quantitative estimate of drug-likeness (QED) is 0.111. The van der Waals surface area contributed by atoms with Gasteiger partial charge in [-0.2, -0.15) is 4.73 Å². The number of imidazole rings is 1. The summed E-state index contributed by atoms with van der Waals surface area (Å²) >= 11 is 0. The van der Waals surface area contributed by atoms with Gasteiger partial charge in [0, 0.05) is 49.4 Å². The maximum Gasteiger partial charge on any atom is 0 e. The molecule has 0 unspecified atom stereocenters. The molecule has 1 aromatic heterocycles. The topological polar surface area (TPSA) is 221 Å². The Kier molecular flexibility index (Phi) is 19.2. The van der Waals surface area contributed by atoms with Crippen molar-refractivity contribution in [3.63, 3.8) is 0 Å². The van der Waals surface area contributed by atoms with Crippen LogP contribution in [0.5, 0.6) is 0 Å². The summed E-state index contributed by atoms with van der Waals surface area (Å²) in [6.07, 6.45) is 3.52. The van der Waals surface area contributed by atoms with Crippen molar-refractivity contribution < 1.29 is 74.8 Å².